The first-order valence-electron chi connectivity index (χ1n) is 6.30. The van der Waals surface area contributed by atoms with E-state index >= 15 is 0 Å². The van der Waals surface area contributed by atoms with E-state index < -0.39 is 0 Å². The van der Waals surface area contributed by atoms with Gasteiger partial charge >= 0.3 is 0 Å². The minimum Gasteiger partial charge on any atom is -0.361 e. The Labute approximate surface area is 109 Å². The first-order valence-corrected chi connectivity index (χ1v) is 6.30. The quantitative estimate of drug-likeness (QED) is 0.695. The Kier molecular flexibility index (Phi) is 4.19. The summed E-state index contributed by atoms with van der Waals surface area (Å²) >= 11 is 0. The van der Waals surface area contributed by atoms with Gasteiger partial charge in [-0.15, -0.1) is 6.58 Å². The van der Waals surface area contributed by atoms with Gasteiger partial charge in [-0.3, -0.25) is 0 Å². The van der Waals surface area contributed by atoms with Crippen LogP contribution in [0.5, 0.6) is 0 Å². The Bertz CT molecular complexity index is 475. The summed E-state index contributed by atoms with van der Waals surface area (Å²) in [5.41, 5.74) is 2.55. The summed E-state index contributed by atoms with van der Waals surface area (Å²) in [6.45, 7) is 6.94. The van der Waals surface area contributed by atoms with Gasteiger partial charge in [-0.2, -0.15) is 0 Å². The van der Waals surface area contributed by atoms with Gasteiger partial charge in [-0.25, -0.2) is 0 Å². The molecule has 1 heteroatoms. The highest BCUT2D eigenvalue weighted by atomic mass is 15.2. The van der Waals surface area contributed by atoms with Crippen LogP contribution in [0, 0.1) is 0 Å². The second-order valence-corrected chi connectivity index (χ2v) is 4.36. The van der Waals surface area contributed by atoms with Crippen LogP contribution in [-0.2, 0) is 0 Å². The first kappa shape index (κ1) is 12.4. The summed E-state index contributed by atoms with van der Waals surface area (Å²) in [7, 11) is 0. The summed E-state index contributed by atoms with van der Waals surface area (Å²) in [6.07, 6.45) is 1.95. The van der Waals surface area contributed by atoms with E-state index in [1.54, 1.807) is 0 Å². The van der Waals surface area contributed by atoms with Crippen LogP contribution in [0.25, 0.3) is 0 Å². The van der Waals surface area contributed by atoms with Crippen LogP contribution in [0.1, 0.15) is 18.5 Å². The molecule has 18 heavy (non-hydrogen) atoms. The molecule has 0 heterocycles. The van der Waals surface area contributed by atoms with Gasteiger partial charge in [0.25, 0.3) is 0 Å². The summed E-state index contributed by atoms with van der Waals surface area (Å²) in [5, 5.41) is 0. The fourth-order valence-electron chi connectivity index (χ4n) is 2.16. The molecule has 0 amide bonds. The smallest absolute Gasteiger partial charge is 0.0517 e. The Hall–Kier alpha value is -2.02. The lowest BCUT2D eigenvalue weighted by Crippen LogP contribution is -2.26. The molecule has 2 aromatic rings. The van der Waals surface area contributed by atoms with Gasteiger partial charge in [0, 0.05) is 12.2 Å². The largest absolute Gasteiger partial charge is 0.361 e. The molecule has 0 bridgehead atoms. The normalized spacial score (nSPS) is 11.8. The van der Waals surface area contributed by atoms with Crippen molar-refractivity contribution in [2.45, 2.75) is 13.0 Å². The number of para-hydroxylation sites is 1. The van der Waals surface area contributed by atoms with E-state index in [-0.39, 0.29) is 0 Å². The van der Waals surface area contributed by atoms with Gasteiger partial charge in [0.1, 0.15) is 0 Å². The molecule has 0 saturated carbocycles. The molecule has 92 valence electrons. The van der Waals surface area contributed by atoms with Gasteiger partial charge in [-0.1, -0.05) is 54.6 Å². The Morgan fingerprint density at radius 1 is 1.00 bits per heavy atom. The molecule has 0 unspecified atom stereocenters. The second kappa shape index (κ2) is 6.06. The molecule has 0 N–H and O–H groups in total. The average Bonchev–Trinajstić information content (AvgIpc) is 2.46. The molecule has 0 aliphatic rings. The van der Waals surface area contributed by atoms with E-state index in [4.69, 9.17) is 0 Å². The summed E-state index contributed by atoms with van der Waals surface area (Å²) in [5.74, 6) is 0. The van der Waals surface area contributed by atoms with E-state index in [1.165, 1.54) is 11.3 Å². The molecule has 0 radical (unpaired) electrons. The lowest BCUT2D eigenvalue weighted by atomic mass is 10.1. The van der Waals surface area contributed by atoms with Crippen molar-refractivity contribution in [1.82, 2.24) is 0 Å². The average molecular weight is 237 g/mol. The van der Waals surface area contributed by atoms with Gasteiger partial charge in [0.15, 0.2) is 0 Å². The van der Waals surface area contributed by atoms with E-state index in [0.29, 0.717) is 6.04 Å². The highest BCUT2D eigenvalue weighted by molar-refractivity contribution is 5.49. The third-order valence-electron chi connectivity index (χ3n) is 3.16. The lowest BCUT2D eigenvalue weighted by Gasteiger charge is -2.30. The zero-order valence-corrected chi connectivity index (χ0v) is 10.8. The van der Waals surface area contributed by atoms with Crippen molar-refractivity contribution in [3.05, 3.63) is 78.9 Å². The van der Waals surface area contributed by atoms with Crippen molar-refractivity contribution < 1.29 is 0 Å². The molecule has 0 aliphatic heterocycles. The molecule has 1 nitrogen and oxygen atoms in total. The molecule has 0 aromatic heterocycles. The SMILES string of the molecule is C=CCN(c1ccccc1)[C@@H](C)c1ccccc1. The molecular formula is C17H19N. The number of hydrogen-bond acceptors (Lipinski definition) is 1. The van der Waals surface area contributed by atoms with E-state index in [1.807, 2.05) is 12.1 Å². The predicted octanol–water partition coefficient (Wildman–Crippen LogP) is 4.44. The maximum absolute atomic E-state index is 3.86. The van der Waals surface area contributed by atoms with Crippen LogP contribution in [-0.4, -0.2) is 6.54 Å². The molecule has 0 fully saturated rings. The number of rotatable bonds is 5. The molecule has 0 saturated heterocycles. The zero-order valence-electron chi connectivity index (χ0n) is 10.8. The van der Waals surface area contributed by atoms with Crippen LogP contribution in [0.4, 0.5) is 5.69 Å². The van der Waals surface area contributed by atoms with Crippen molar-refractivity contribution in [3.63, 3.8) is 0 Å². The molecular weight excluding hydrogens is 218 g/mol. The van der Waals surface area contributed by atoms with Crippen LogP contribution in [0.2, 0.25) is 0 Å². The van der Waals surface area contributed by atoms with E-state index in [9.17, 15) is 0 Å². The van der Waals surface area contributed by atoms with Crippen molar-refractivity contribution in [2.75, 3.05) is 11.4 Å². The van der Waals surface area contributed by atoms with Crippen molar-refractivity contribution in [2.24, 2.45) is 0 Å². The van der Waals surface area contributed by atoms with Crippen molar-refractivity contribution >= 4 is 5.69 Å². The summed E-state index contributed by atoms with van der Waals surface area (Å²) in [6, 6.07) is 21.4. The Balaban J connectivity index is 2.28. The molecule has 1 atom stereocenters. The van der Waals surface area contributed by atoms with Gasteiger partial charge in [-0.05, 0) is 24.6 Å². The maximum Gasteiger partial charge on any atom is 0.0517 e. The van der Waals surface area contributed by atoms with Crippen LogP contribution < -0.4 is 4.90 Å². The molecule has 2 aromatic carbocycles. The van der Waals surface area contributed by atoms with Crippen LogP contribution in [0.3, 0.4) is 0 Å². The monoisotopic (exact) mass is 237 g/mol. The Morgan fingerprint density at radius 3 is 2.11 bits per heavy atom. The zero-order chi connectivity index (χ0) is 12.8. The summed E-state index contributed by atoms with van der Waals surface area (Å²) in [4.78, 5) is 2.35. The number of anilines is 1. The molecule has 0 spiro atoms. The van der Waals surface area contributed by atoms with Crippen molar-refractivity contribution in [1.29, 1.82) is 0 Å². The van der Waals surface area contributed by atoms with Gasteiger partial charge in [0.05, 0.1) is 6.04 Å². The minimum absolute atomic E-state index is 0.339. The highest BCUT2D eigenvalue weighted by Gasteiger charge is 2.14. The molecule has 0 aliphatic carbocycles. The third-order valence-corrected chi connectivity index (χ3v) is 3.16. The topological polar surface area (TPSA) is 3.24 Å². The van der Waals surface area contributed by atoms with Gasteiger partial charge in [0.2, 0.25) is 0 Å². The Morgan fingerprint density at radius 2 is 1.56 bits per heavy atom. The highest BCUT2D eigenvalue weighted by Crippen LogP contribution is 2.26. The first-order chi connectivity index (χ1) is 8.83. The number of hydrogen-bond donors (Lipinski definition) is 0. The standard InChI is InChI=1S/C17H19N/c1-3-14-18(17-12-8-5-9-13-17)15(2)16-10-6-4-7-11-16/h3-13,15H,1,14H2,2H3/t15-/m0/s1. The number of benzene rings is 2. The predicted molar refractivity (Wildman–Crippen MR) is 78.8 cm³/mol. The van der Waals surface area contributed by atoms with Crippen LogP contribution in [0.15, 0.2) is 73.3 Å². The van der Waals surface area contributed by atoms with Crippen LogP contribution >= 0.6 is 0 Å². The molecule has 2 rings (SSSR count). The summed E-state index contributed by atoms with van der Waals surface area (Å²) < 4.78 is 0. The third kappa shape index (κ3) is 2.80. The van der Waals surface area contributed by atoms with Crippen molar-refractivity contribution in [3.8, 4) is 0 Å². The lowest BCUT2D eigenvalue weighted by molar-refractivity contribution is 0.709. The fourth-order valence-corrected chi connectivity index (χ4v) is 2.16. The van der Waals surface area contributed by atoms with Gasteiger partial charge < -0.3 is 4.90 Å². The minimum atomic E-state index is 0.339. The van der Waals surface area contributed by atoms with E-state index in [2.05, 4.69) is 73.0 Å². The fraction of sp³-hybridized carbons (Fsp3) is 0.176. The maximum atomic E-state index is 3.86. The number of nitrogens with zero attached hydrogens (tertiary/aromatic N) is 1. The second-order valence-electron chi connectivity index (χ2n) is 4.36. The van der Waals surface area contributed by atoms with E-state index in [0.717, 1.165) is 6.54 Å².